The van der Waals surface area contributed by atoms with Crippen molar-refractivity contribution in [2.45, 2.75) is 19.3 Å². The molecule has 1 aromatic rings. The van der Waals surface area contributed by atoms with Crippen molar-refractivity contribution in [1.82, 2.24) is 4.90 Å². The van der Waals surface area contributed by atoms with Crippen molar-refractivity contribution in [3.8, 4) is 11.5 Å². The summed E-state index contributed by atoms with van der Waals surface area (Å²) in [6.07, 6.45) is 3.11. The van der Waals surface area contributed by atoms with E-state index in [0.29, 0.717) is 22.7 Å². The Morgan fingerprint density at radius 3 is 2.30 bits per heavy atom. The molecule has 0 bridgehead atoms. The minimum Gasteiger partial charge on any atom is -0.493 e. The zero-order chi connectivity index (χ0) is 16.8. The monoisotopic (exact) mass is 321 g/mol. The van der Waals surface area contributed by atoms with Gasteiger partial charge in [-0.15, -0.1) is 0 Å². The summed E-state index contributed by atoms with van der Waals surface area (Å²) < 4.78 is 10.5. The second kappa shape index (κ2) is 7.82. The van der Waals surface area contributed by atoms with E-state index in [1.165, 1.54) is 14.2 Å². The van der Waals surface area contributed by atoms with Crippen molar-refractivity contribution in [3.63, 3.8) is 0 Å². The highest BCUT2D eigenvalue weighted by atomic mass is 16.5. The van der Waals surface area contributed by atoms with E-state index in [1.54, 1.807) is 17.0 Å². The Bertz CT molecular complexity index is 583. The minimum absolute atomic E-state index is 0.127. The zero-order valence-electron chi connectivity index (χ0n) is 13.6. The van der Waals surface area contributed by atoms with Gasteiger partial charge in [0.05, 0.1) is 32.0 Å². The summed E-state index contributed by atoms with van der Waals surface area (Å²) in [5.41, 5.74) is 6.12. The molecule has 2 amide bonds. The first-order chi connectivity index (χ1) is 11.1. The van der Waals surface area contributed by atoms with E-state index < -0.39 is 0 Å². The molecule has 7 nitrogen and oxygen atoms in total. The Hall–Kier alpha value is -2.28. The average molecular weight is 321 g/mol. The average Bonchev–Trinajstić information content (AvgIpc) is 2.61. The highest BCUT2D eigenvalue weighted by molar-refractivity contribution is 6.05. The molecule has 0 saturated carbocycles. The van der Waals surface area contributed by atoms with Crippen LogP contribution in [0.2, 0.25) is 0 Å². The SMILES string of the molecule is COc1cc(NC(=O)CN)c(C(=O)N2CCCCC2)cc1OC. The third kappa shape index (κ3) is 3.92. The topological polar surface area (TPSA) is 93.9 Å². The number of hydrogen-bond acceptors (Lipinski definition) is 5. The Kier molecular flexibility index (Phi) is 5.81. The molecule has 1 aliphatic heterocycles. The predicted molar refractivity (Wildman–Crippen MR) is 87.0 cm³/mol. The molecule has 0 unspecified atom stereocenters. The molecule has 0 aliphatic carbocycles. The Morgan fingerprint density at radius 1 is 1.13 bits per heavy atom. The predicted octanol–water partition coefficient (Wildman–Crippen LogP) is 1.23. The molecule has 2 rings (SSSR count). The lowest BCUT2D eigenvalue weighted by Crippen LogP contribution is -2.36. The van der Waals surface area contributed by atoms with E-state index in [2.05, 4.69) is 5.32 Å². The molecule has 126 valence electrons. The van der Waals surface area contributed by atoms with Crippen LogP contribution >= 0.6 is 0 Å². The summed E-state index contributed by atoms with van der Waals surface area (Å²) in [4.78, 5) is 26.3. The molecule has 7 heteroatoms. The number of amides is 2. The summed E-state index contributed by atoms with van der Waals surface area (Å²) in [5.74, 6) is 0.386. The highest BCUT2D eigenvalue weighted by Gasteiger charge is 2.23. The van der Waals surface area contributed by atoms with Crippen LogP contribution in [-0.2, 0) is 4.79 Å². The molecule has 1 saturated heterocycles. The number of likely N-dealkylation sites (tertiary alicyclic amines) is 1. The van der Waals surface area contributed by atoms with E-state index in [-0.39, 0.29) is 18.4 Å². The summed E-state index contributed by atoms with van der Waals surface area (Å²) in [7, 11) is 3.00. The number of benzene rings is 1. The lowest BCUT2D eigenvalue weighted by molar-refractivity contribution is -0.114. The zero-order valence-corrected chi connectivity index (χ0v) is 13.6. The normalized spacial score (nSPS) is 14.3. The molecule has 1 aliphatic rings. The van der Waals surface area contributed by atoms with Crippen molar-refractivity contribution < 1.29 is 19.1 Å². The molecular weight excluding hydrogens is 298 g/mol. The molecule has 1 aromatic carbocycles. The van der Waals surface area contributed by atoms with Crippen LogP contribution in [0.5, 0.6) is 11.5 Å². The van der Waals surface area contributed by atoms with Crippen LogP contribution in [0.3, 0.4) is 0 Å². The maximum absolute atomic E-state index is 12.8. The summed E-state index contributed by atoms with van der Waals surface area (Å²) in [6, 6.07) is 3.19. The number of methoxy groups -OCH3 is 2. The van der Waals surface area contributed by atoms with Gasteiger partial charge in [-0.05, 0) is 25.3 Å². The van der Waals surface area contributed by atoms with Crippen LogP contribution in [0.1, 0.15) is 29.6 Å². The second-order valence-corrected chi connectivity index (χ2v) is 5.36. The molecule has 0 aromatic heterocycles. The maximum atomic E-state index is 12.8. The summed E-state index contributed by atoms with van der Waals surface area (Å²) >= 11 is 0. The van der Waals surface area contributed by atoms with Gasteiger partial charge in [0.1, 0.15) is 0 Å². The lowest BCUT2D eigenvalue weighted by atomic mass is 10.1. The van der Waals surface area contributed by atoms with Crippen LogP contribution in [-0.4, -0.2) is 50.6 Å². The Balaban J connectivity index is 2.40. The molecule has 23 heavy (non-hydrogen) atoms. The number of nitrogens with zero attached hydrogens (tertiary/aromatic N) is 1. The number of nitrogens with one attached hydrogen (secondary N) is 1. The van der Waals surface area contributed by atoms with Gasteiger partial charge in [0.2, 0.25) is 5.91 Å². The standard InChI is InChI=1S/C16H23N3O4/c1-22-13-8-11(16(21)19-6-4-3-5-7-19)12(9-14(13)23-2)18-15(20)10-17/h8-9H,3-7,10,17H2,1-2H3,(H,18,20). The number of ether oxygens (including phenoxy) is 2. The minimum atomic E-state index is -0.370. The smallest absolute Gasteiger partial charge is 0.256 e. The molecule has 1 heterocycles. The van der Waals surface area contributed by atoms with Gasteiger partial charge < -0.3 is 25.4 Å². The third-order valence-electron chi connectivity index (χ3n) is 3.86. The van der Waals surface area contributed by atoms with Gasteiger partial charge in [0, 0.05) is 19.2 Å². The van der Waals surface area contributed by atoms with E-state index in [1.807, 2.05) is 0 Å². The fourth-order valence-electron chi connectivity index (χ4n) is 2.63. The van der Waals surface area contributed by atoms with E-state index in [9.17, 15) is 9.59 Å². The Labute approximate surface area is 135 Å². The van der Waals surface area contributed by atoms with Crippen LogP contribution in [0, 0.1) is 0 Å². The van der Waals surface area contributed by atoms with Gasteiger partial charge >= 0.3 is 0 Å². The van der Waals surface area contributed by atoms with Crippen molar-refractivity contribution in [3.05, 3.63) is 17.7 Å². The first-order valence-electron chi connectivity index (χ1n) is 7.66. The van der Waals surface area contributed by atoms with E-state index >= 15 is 0 Å². The number of rotatable bonds is 5. The van der Waals surface area contributed by atoms with E-state index in [4.69, 9.17) is 15.2 Å². The quantitative estimate of drug-likeness (QED) is 0.850. The summed E-state index contributed by atoms with van der Waals surface area (Å²) in [6.45, 7) is 1.28. The number of carbonyl (C=O) groups excluding carboxylic acids is 2. The number of carbonyl (C=O) groups is 2. The number of piperidine rings is 1. The van der Waals surface area contributed by atoms with Gasteiger partial charge in [-0.2, -0.15) is 0 Å². The van der Waals surface area contributed by atoms with Gasteiger partial charge in [0.15, 0.2) is 11.5 Å². The number of anilines is 1. The van der Waals surface area contributed by atoms with Gasteiger partial charge in [0.25, 0.3) is 5.91 Å². The molecule has 3 N–H and O–H groups in total. The lowest BCUT2D eigenvalue weighted by Gasteiger charge is -2.28. The molecular formula is C16H23N3O4. The third-order valence-corrected chi connectivity index (χ3v) is 3.86. The largest absolute Gasteiger partial charge is 0.493 e. The molecule has 0 radical (unpaired) electrons. The molecule has 0 atom stereocenters. The van der Waals surface area contributed by atoms with Gasteiger partial charge in [-0.25, -0.2) is 0 Å². The number of nitrogens with two attached hydrogens (primary N) is 1. The van der Waals surface area contributed by atoms with Crippen molar-refractivity contribution in [2.75, 3.05) is 39.2 Å². The van der Waals surface area contributed by atoms with Gasteiger partial charge in [-0.1, -0.05) is 0 Å². The van der Waals surface area contributed by atoms with Crippen LogP contribution in [0.15, 0.2) is 12.1 Å². The van der Waals surface area contributed by atoms with Crippen LogP contribution < -0.4 is 20.5 Å². The molecule has 0 spiro atoms. The van der Waals surface area contributed by atoms with E-state index in [0.717, 1.165) is 32.4 Å². The highest BCUT2D eigenvalue weighted by Crippen LogP contribution is 2.34. The van der Waals surface area contributed by atoms with Crippen LogP contribution in [0.25, 0.3) is 0 Å². The fourth-order valence-corrected chi connectivity index (χ4v) is 2.63. The van der Waals surface area contributed by atoms with Crippen molar-refractivity contribution in [1.29, 1.82) is 0 Å². The number of hydrogen-bond donors (Lipinski definition) is 2. The van der Waals surface area contributed by atoms with Crippen molar-refractivity contribution >= 4 is 17.5 Å². The van der Waals surface area contributed by atoms with Crippen LogP contribution in [0.4, 0.5) is 5.69 Å². The first kappa shape index (κ1) is 17.1. The molecule has 1 fully saturated rings. The van der Waals surface area contributed by atoms with Crippen molar-refractivity contribution in [2.24, 2.45) is 5.73 Å². The van der Waals surface area contributed by atoms with Gasteiger partial charge in [-0.3, -0.25) is 9.59 Å². The fraction of sp³-hybridized carbons (Fsp3) is 0.500. The first-order valence-corrected chi connectivity index (χ1v) is 7.66. The summed E-state index contributed by atoms with van der Waals surface area (Å²) in [5, 5.41) is 2.66. The Morgan fingerprint density at radius 2 is 1.74 bits per heavy atom. The maximum Gasteiger partial charge on any atom is 0.256 e. The second-order valence-electron chi connectivity index (χ2n) is 5.36.